The van der Waals surface area contributed by atoms with Gasteiger partial charge in [-0.1, -0.05) is 30.3 Å². The number of carboxylic acid groups (broad SMARTS) is 1. The van der Waals surface area contributed by atoms with Gasteiger partial charge in [-0.25, -0.2) is 0 Å². The number of carboxylic acids is 1. The number of fused-ring (bicyclic) bond motifs is 2. The quantitative estimate of drug-likeness (QED) is 0.392. The molecule has 5 nitrogen and oxygen atoms in total. The summed E-state index contributed by atoms with van der Waals surface area (Å²) in [5, 5.41) is 24.5. The molecule has 1 aliphatic rings. The highest BCUT2D eigenvalue weighted by Crippen LogP contribution is 2.54. The molecule has 2 aromatic carbocycles. The molecule has 1 N–H and O–H groups in total. The summed E-state index contributed by atoms with van der Waals surface area (Å²) in [6.45, 7) is 5.69. The Hall–Kier alpha value is -2.60. The first-order valence-corrected chi connectivity index (χ1v) is 9.05. The number of rotatable bonds is 5. The van der Waals surface area contributed by atoms with Crippen LogP contribution < -0.4 is 4.65 Å². The second kappa shape index (κ2) is 6.23. The van der Waals surface area contributed by atoms with Gasteiger partial charge in [0.25, 0.3) is 0 Å². The molecule has 2 atom stereocenters. The number of aromatic nitrogens is 1. The molecule has 27 heavy (non-hydrogen) atoms. The monoisotopic (exact) mass is 382 g/mol. The zero-order valence-electron chi connectivity index (χ0n) is 14.9. The second-order valence-electron chi connectivity index (χ2n) is 6.87. The summed E-state index contributed by atoms with van der Waals surface area (Å²) < 4.78 is 1.21. The SMILES string of the molecule is C=CC[N+]1([O-])c2ccccc2C1c1c(C)n(CC(=O)O)c2ccc(Cl)cc12. The van der Waals surface area contributed by atoms with E-state index in [9.17, 15) is 15.1 Å². The molecule has 0 saturated heterocycles. The van der Waals surface area contributed by atoms with Crippen molar-refractivity contribution in [1.29, 1.82) is 0 Å². The molecule has 2 unspecified atom stereocenters. The van der Waals surface area contributed by atoms with Crippen LogP contribution in [0.3, 0.4) is 0 Å². The van der Waals surface area contributed by atoms with E-state index in [0.29, 0.717) is 5.02 Å². The Labute approximate surface area is 161 Å². The van der Waals surface area contributed by atoms with Gasteiger partial charge in [-0.15, -0.1) is 0 Å². The molecule has 1 aliphatic heterocycles. The number of aliphatic carboxylic acids is 1. The minimum atomic E-state index is -0.931. The summed E-state index contributed by atoms with van der Waals surface area (Å²) >= 11 is 6.23. The number of benzene rings is 2. The van der Waals surface area contributed by atoms with Crippen LogP contribution in [0.25, 0.3) is 10.9 Å². The molecule has 0 radical (unpaired) electrons. The van der Waals surface area contributed by atoms with Crippen LogP contribution in [0.2, 0.25) is 5.02 Å². The first-order chi connectivity index (χ1) is 12.9. The van der Waals surface area contributed by atoms with E-state index in [2.05, 4.69) is 6.58 Å². The van der Waals surface area contributed by atoms with E-state index in [-0.39, 0.29) is 13.1 Å². The Bertz CT molecular complexity index is 1090. The normalized spacial score (nSPS) is 20.9. The maximum absolute atomic E-state index is 13.7. The van der Waals surface area contributed by atoms with E-state index < -0.39 is 16.7 Å². The molecule has 138 valence electrons. The summed E-state index contributed by atoms with van der Waals surface area (Å²) in [5.41, 5.74) is 4.07. The van der Waals surface area contributed by atoms with Gasteiger partial charge in [0, 0.05) is 33.2 Å². The van der Waals surface area contributed by atoms with E-state index in [1.54, 1.807) is 16.7 Å². The van der Waals surface area contributed by atoms with Crippen molar-refractivity contribution in [2.45, 2.75) is 19.5 Å². The van der Waals surface area contributed by atoms with Crippen LogP contribution in [-0.4, -0.2) is 22.2 Å². The number of carbonyl (C=O) groups is 1. The third-order valence-corrected chi connectivity index (χ3v) is 5.59. The Morgan fingerprint density at radius 3 is 2.81 bits per heavy atom. The van der Waals surface area contributed by atoms with E-state index in [0.717, 1.165) is 33.4 Å². The van der Waals surface area contributed by atoms with Crippen LogP contribution in [0.5, 0.6) is 0 Å². The summed E-state index contributed by atoms with van der Waals surface area (Å²) in [6, 6.07) is 12.5. The van der Waals surface area contributed by atoms with Crippen LogP contribution >= 0.6 is 11.6 Å². The smallest absolute Gasteiger partial charge is 0.323 e. The highest BCUT2D eigenvalue weighted by Gasteiger charge is 2.48. The number of quaternary nitrogens is 1. The van der Waals surface area contributed by atoms with Gasteiger partial charge in [-0.3, -0.25) is 4.79 Å². The van der Waals surface area contributed by atoms with Gasteiger partial charge in [0.15, 0.2) is 6.04 Å². The first kappa shape index (κ1) is 17.8. The molecule has 4 rings (SSSR count). The van der Waals surface area contributed by atoms with Crippen LogP contribution in [-0.2, 0) is 11.3 Å². The molecule has 0 amide bonds. The van der Waals surface area contributed by atoms with Crippen molar-refractivity contribution in [3.8, 4) is 0 Å². The topological polar surface area (TPSA) is 65.3 Å². The minimum absolute atomic E-state index is 0.168. The molecule has 0 fully saturated rings. The fourth-order valence-corrected chi connectivity index (χ4v) is 4.46. The lowest BCUT2D eigenvalue weighted by molar-refractivity contribution is -0.137. The van der Waals surface area contributed by atoms with Crippen molar-refractivity contribution in [2.24, 2.45) is 0 Å². The minimum Gasteiger partial charge on any atom is -0.626 e. The highest BCUT2D eigenvalue weighted by atomic mass is 35.5. The van der Waals surface area contributed by atoms with Gasteiger partial charge in [-0.2, -0.15) is 0 Å². The van der Waals surface area contributed by atoms with Crippen molar-refractivity contribution in [3.63, 3.8) is 0 Å². The fraction of sp³-hybridized carbons (Fsp3) is 0.190. The summed E-state index contributed by atoms with van der Waals surface area (Å²) in [7, 11) is 0. The zero-order valence-corrected chi connectivity index (χ0v) is 15.6. The number of nitrogens with zero attached hydrogens (tertiary/aromatic N) is 2. The van der Waals surface area contributed by atoms with E-state index in [1.165, 1.54) is 0 Å². The van der Waals surface area contributed by atoms with Gasteiger partial charge >= 0.3 is 5.97 Å². The lowest BCUT2D eigenvalue weighted by atomic mass is 9.85. The third-order valence-electron chi connectivity index (χ3n) is 5.36. The Kier molecular flexibility index (Phi) is 4.11. The summed E-state index contributed by atoms with van der Waals surface area (Å²) in [5.74, 6) is -0.931. The summed E-state index contributed by atoms with van der Waals surface area (Å²) in [6.07, 6.45) is 1.63. The first-order valence-electron chi connectivity index (χ1n) is 8.67. The van der Waals surface area contributed by atoms with Crippen LogP contribution in [0.4, 0.5) is 5.69 Å². The lowest BCUT2D eigenvalue weighted by Crippen LogP contribution is -2.54. The molecular formula is C21H19ClN2O3. The Morgan fingerprint density at radius 1 is 1.37 bits per heavy atom. The molecule has 0 spiro atoms. The Morgan fingerprint density at radius 2 is 2.11 bits per heavy atom. The van der Waals surface area contributed by atoms with Crippen LogP contribution in [0.15, 0.2) is 55.1 Å². The van der Waals surface area contributed by atoms with Gasteiger partial charge in [0.05, 0.1) is 5.56 Å². The third kappa shape index (κ3) is 2.51. The average Bonchev–Trinajstić information content (AvgIpc) is 2.87. The van der Waals surface area contributed by atoms with Gasteiger partial charge in [-0.05, 0) is 37.3 Å². The van der Waals surface area contributed by atoms with Gasteiger partial charge < -0.3 is 19.5 Å². The van der Waals surface area contributed by atoms with Gasteiger partial charge in [0.2, 0.25) is 0 Å². The standard InChI is InChI=1S/C21H19ClN2O3/c1-3-10-24(27)18-7-5-4-6-15(18)21(24)20-13(2)23(12-19(25)26)17-9-8-14(22)11-16(17)20/h3-9,11,21H,1,10,12H2,2H3,(H,25,26). The molecular weight excluding hydrogens is 364 g/mol. The molecule has 1 aromatic heterocycles. The van der Waals surface area contributed by atoms with E-state index in [1.807, 2.05) is 43.3 Å². The molecule has 6 heteroatoms. The Balaban J connectivity index is 2.02. The number of hydrogen-bond donors (Lipinski definition) is 1. The van der Waals surface area contributed by atoms with Crippen LogP contribution in [0.1, 0.15) is 22.9 Å². The van der Waals surface area contributed by atoms with Crippen molar-refractivity contribution < 1.29 is 9.90 Å². The van der Waals surface area contributed by atoms with Crippen molar-refractivity contribution in [1.82, 2.24) is 9.21 Å². The number of hydroxylamine groups is 2. The lowest BCUT2D eigenvalue weighted by Gasteiger charge is -2.56. The fourth-order valence-electron chi connectivity index (χ4n) is 4.29. The molecule has 0 bridgehead atoms. The maximum Gasteiger partial charge on any atom is 0.323 e. The maximum atomic E-state index is 13.7. The molecule has 0 saturated carbocycles. The number of halogens is 1. The molecule has 2 heterocycles. The number of hydrogen-bond acceptors (Lipinski definition) is 2. The number of para-hydroxylation sites is 1. The average molecular weight is 383 g/mol. The van der Waals surface area contributed by atoms with Crippen molar-refractivity contribution in [2.75, 3.05) is 6.54 Å². The largest absolute Gasteiger partial charge is 0.626 e. The summed E-state index contributed by atoms with van der Waals surface area (Å²) in [4.78, 5) is 11.4. The predicted molar refractivity (Wildman–Crippen MR) is 108 cm³/mol. The van der Waals surface area contributed by atoms with E-state index >= 15 is 0 Å². The van der Waals surface area contributed by atoms with Crippen molar-refractivity contribution in [3.05, 3.63) is 82.2 Å². The highest BCUT2D eigenvalue weighted by molar-refractivity contribution is 6.31. The van der Waals surface area contributed by atoms with Crippen molar-refractivity contribution >= 4 is 34.2 Å². The van der Waals surface area contributed by atoms with Gasteiger partial charge in [0.1, 0.15) is 18.8 Å². The zero-order chi connectivity index (χ0) is 19.3. The molecule has 3 aromatic rings. The second-order valence-corrected chi connectivity index (χ2v) is 7.31. The predicted octanol–water partition coefficient (Wildman–Crippen LogP) is 4.78. The molecule has 0 aliphatic carbocycles. The van der Waals surface area contributed by atoms with Crippen LogP contribution in [0, 0.1) is 12.1 Å². The van der Waals surface area contributed by atoms with E-state index in [4.69, 9.17) is 11.6 Å².